The highest BCUT2D eigenvalue weighted by molar-refractivity contribution is 5.87. The number of hydrogen-bond acceptors (Lipinski definition) is 6. The molecule has 0 saturated carbocycles. The van der Waals surface area contributed by atoms with Crippen LogP contribution in [0.25, 0.3) is 0 Å². The summed E-state index contributed by atoms with van der Waals surface area (Å²) in [6.45, 7) is 3.82. The average molecular weight is 470 g/mol. The third-order valence-corrected chi connectivity index (χ3v) is 6.20. The van der Waals surface area contributed by atoms with Crippen LogP contribution in [0.5, 0.6) is 0 Å². The molecule has 1 unspecified atom stereocenters. The van der Waals surface area contributed by atoms with Crippen LogP contribution in [0.1, 0.15) is 30.0 Å². The molecule has 8 heteroatoms. The van der Waals surface area contributed by atoms with Crippen molar-refractivity contribution in [3.05, 3.63) is 93.9 Å². The Hall–Kier alpha value is -4.35. The SMILES string of the molecule is Cc1onc(C#CC2=CC3=CC(C4(C(=O)O)COC4)=CC3=C2)c1NC(=O)OC(C)c1ccccc1. The maximum atomic E-state index is 12.4. The summed E-state index contributed by atoms with van der Waals surface area (Å²) in [7, 11) is 0. The molecule has 2 heterocycles. The molecule has 176 valence electrons. The maximum absolute atomic E-state index is 12.4. The monoisotopic (exact) mass is 470 g/mol. The van der Waals surface area contributed by atoms with E-state index in [2.05, 4.69) is 22.3 Å². The zero-order chi connectivity index (χ0) is 24.6. The van der Waals surface area contributed by atoms with Crippen LogP contribution < -0.4 is 5.32 Å². The van der Waals surface area contributed by atoms with Gasteiger partial charge in [-0.2, -0.15) is 0 Å². The van der Waals surface area contributed by atoms with Crippen molar-refractivity contribution in [3.63, 3.8) is 0 Å². The molecule has 0 spiro atoms. The number of benzene rings is 1. The first-order chi connectivity index (χ1) is 16.9. The van der Waals surface area contributed by atoms with Crippen LogP contribution in [0.3, 0.4) is 0 Å². The lowest BCUT2D eigenvalue weighted by atomic mass is 9.78. The molecule has 1 amide bonds. The number of nitrogens with zero attached hydrogens (tertiary/aromatic N) is 1. The number of anilines is 1. The van der Waals surface area contributed by atoms with Gasteiger partial charge >= 0.3 is 12.1 Å². The number of aryl methyl sites for hydroxylation is 1. The number of nitrogens with one attached hydrogen (secondary N) is 1. The lowest BCUT2D eigenvalue weighted by Crippen LogP contribution is -2.49. The fourth-order valence-electron chi connectivity index (χ4n) is 4.06. The molecular formula is C27H22N2O6. The molecule has 5 rings (SSSR count). The summed E-state index contributed by atoms with van der Waals surface area (Å²) < 4.78 is 15.8. The number of allylic oxidation sites excluding steroid dienone is 7. The van der Waals surface area contributed by atoms with Crippen LogP contribution in [0, 0.1) is 24.2 Å². The van der Waals surface area contributed by atoms with Gasteiger partial charge in [-0.3, -0.25) is 10.1 Å². The van der Waals surface area contributed by atoms with Gasteiger partial charge in [0.2, 0.25) is 0 Å². The number of amides is 1. The fraction of sp³-hybridized carbons (Fsp3) is 0.222. The van der Waals surface area contributed by atoms with Crippen LogP contribution in [-0.2, 0) is 14.3 Å². The van der Waals surface area contributed by atoms with Crippen molar-refractivity contribution in [1.82, 2.24) is 5.16 Å². The van der Waals surface area contributed by atoms with Crippen molar-refractivity contribution in [2.45, 2.75) is 20.0 Å². The van der Waals surface area contributed by atoms with E-state index in [9.17, 15) is 14.7 Å². The number of aromatic nitrogens is 1. The van der Waals surface area contributed by atoms with E-state index in [1.165, 1.54) is 0 Å². The summed E-state index contributed by atoms with van der Waals surface area (Å²) >= 11 is 0. The molecule has 1 fully saturated rings. The molecule has 1 aromatic heterocycles. The summed E-state index contributed by atoms with van der Waals surface area (Å²) in [4.78, 5) is 24.2. The zero-order valence-electron chi connectivity index (χ0n) is 19.1. The van der Waals surface area contributed by atoms with E-state index >= 15 is 0 Å². The summed E-state index contributed by atoms with van der Waals surface area (Å²) in [5.74, 6) is 5.50. The molecule has 8 nitrogen and oxygen atoms in total. The van der Waals surface area contributed by atoms with E-state index in [4.69, 9.17) is 14.0 Å². The van der Waals surface area contributed by atoms with Crippen molar-refractivity contribution in [2.24, 2.45) is 5.41 Å². The van der Waals surface area contributed by atoms with Gasteiger partial charge in [0.15, 0.2) is 11.5 Å². The number of carbonyl (C=O) groups is 2. The number of carboxylic acids is 1. The molecule has 0 radical (unpaired) electrons. The quantitative estimate of drug-likeness (QED) is 0.620. The Labute approximate surface area is 201 Å². The van der Waals surface area contributed by atoms with Crippen molar-refractivity contribution in [3.8, 4) is 11.8 Å². The third kappa shape index (κ3) is 4.18. The second-order valence-electron chi connectivity index (χ2n) is 8.57. The normalized spacial score (nSPS) is 18.0. The number of ether oxygens (including phenoxy) is 2. The Morgan fingerprint density at radius 1 is 1.11 bits per heavy atom. The van der Waals surface area contributed by atoms with Gasteiger partial charge in [0, 0.05) is 5.57 Å². The van der Waals surface area contributed by atoms with Gasteiger partial charge in [-0.1, -0.05) is 41.4 Å². The van der Waals surface area contributed by atoms with E-state index in [1.54, 1.807) is 13.8 Å². The van der Waals surface area contributed by atoms with Gasteiger partial charge in [-0.25, -0.2) is 4.79 Å². The number of aliphatic carboxylic acids is 1. The van der Waals surface area contributed by atoms with Crippen molar-refractivity contribution in [1.29, 1.82) is 0 Å². The summed E-state index contributed by atoms with van der Waals surface area (Å²) in [6, 6.07) is 9.42. The second-order valence-corrected chi connectivity index (χ2v) is 8.57. The minimum Gasteiger partial charge on any atom is -0.480 e. The van der Waals surface area contributed by atoms with E-state index in [1.807, 2.05) is 54.6 Å². The van der Waals surface area contributed by atoms with E-state index in [-0.39, 0.29) is 18.9 Å². The van der Waals surface area contributed by atoms with Gasteiger partial charge in [0.05, 0.1) is 13.2 Å². The highest BCUT2D eigenvalue weighted by atomic mass is 16.6. The van der Waals surface area contributed by atoms with Crippen LogP contribution in [0.4, 0.5) is 10.5 Å². The van der Waals surface area contributed by atoms with E-state index in [0.717, 1.165) is 27.9 Å². The number of carboxylic acid groups (broad SMARTS) is 1. The predicted octanol–water partition coefficient (Wildman–Crippen LogP) is 4.48. The standard InChI is InChI=1S/C27H22N2O6/c1-16(19-6-4-3-5-7-19)34-26(32)28-24-17(2)35-29-23(24)9-8-18-10-20-12-22(13-21(20)11-18)27(25(30)31)14-33-15-27/h3-7,10-13,16H,14-15H2,1-2H3,(H,28,32)(H,30,31). The Morgan fingerprint density at radius 2 is 1.86 bits per heavy atom. The minimum atomic E-state index is -0.969. The molecule has 1 aromatic carbocycles. The van der Waals surface area contributed by atoms with Gasteiger partial charge in [-0.15, -0.1) is 0 Å². The molecule has 2 aromatic rings. The number of rotatable bonds is 5. The van der Waals surface area contributed by atoms with Crippen LogP contribution in [0.2, 0.25) is 0 Å². The molecule has 2 aliphatic carbocycles. The van der Waals surface area contributed by atoms with Crippen molar-refractivity contribution in [2.75, 3.05) is 18.5 Å². The molecule has 1 atom stereocenters. The van der Waals surface area contributed by atoms with E-state index in [0.29, 0.717) is 11.4 Å². The lowest BCUT2D eigenvalue weighted by molar-refractivity contribution is -0.170. The average Bonchev–Trinajstić information content (AvgIpc) is 3.46. The Balaban J connectivity index is 1.27. The first-order valence-corrected chi connectivity index (χ1v) is 11.1. The highest BCUT2D eigenvalue weighted by Gasteiger charge is 2.49. The van der Waals surface area contributed by atoms with Gasteiger partial charge in [-0.05, 0) is 66.4 Å². The maximum Gasteiger partial charge on any atom is 0.412 e. The third-order valence-electron chi connectivity index (χ3n) is 6.20. The number of fused-ring (bicyclic) bond motifs is 1. The lowest BCUT2D eigenvalue weighted by Gasteiger charge is -2.37. The van der Waals surface area contributed by atoms with Crippen LogP contribution in [-0.4, -0.2) is 35.5 Å². The Bertz CT molecular complexity index is 1390. The first kappa shape index (κ1) is 22.4. The molecule has 3 aliphatic rings. The number of hydrogen-bond donors (Lipinski definition) is 2. The van der Waals surface area contributed by atoms with Gasteiger partial charge in [0.1, 0.15) is 17.2 Å². The molecule has 2 N–H and O–H groups in total. The number of carbonyl (C=O) groups excluding carboxylic acids is 1. The van der Waals surface area contributed by atoms with Gasteiger partial charge < -0.3 is 19.1 Å². The van der Waals surface area contributed by atoms with Crippen molar-refractivity contribution < 1.29 is 28.7 Å². The Morgan fingerprint density at radius 3 is 2.51 bits per heavy atom. The zero-order valence-corrected chi connectivity index (χ0v) is 19.1. The molecule has 1 aliphatic heterocycles. The molecule has 35 heavy (non-hydrogen) atoms. The van der Waals surface area contributed by atoms with Crippen LogP contribution >= 0.6 is 0 Å². The Kier molecular flexibility index (Phi) is 5.63. The van der Waals surface area contributed by atoms with E-state index < -0.39 is 23.6 Å². The molecular weight excluding hydrogens is 448 g/mol. The minimum absolute atomic E-state index is 0.176. The molecule has 1 saturated heterocycles. The predicted molar refractivity (Wildman–Crippen MR) is 126 cm³/mol. The largest absolute Gasteiger partial charge is 0.480 e. The first-order valence-electron chi connectivity index (χ1n) is 11.1. The summed E-state index contributed by atoms with van der Waals surface area (Å²) in [5.41, 5.74) is 3.83. The molecule has 0 bridgehead atoms. The van der Waals surface area contributed by atoms with Crippen LogP contribution in [0.15, 0.2) is 81.5 Å². The summed E-state index contributed by atoms with van der Waals surface area (Å²) in [6.07, 6.45) is 6.44. The highest BCUT2D eigenvalue weighted by Crippen LogP contribution is 2.43. The fourth-order valence-corrected chi connectivity index (χ4v) is 4.06. The van der Waals surface area contributed by atoms with Gasteiger partial charge in [0.25, 0.3) is 0 Å². The summed E-state index contributed by atoms with van der Waals surface area (Å²) in [5, 5.41) is 16.2. The van der Waals surface area contributed by atoms with Crippen molar-refractivity contribution >= 4 is 17.7 Å². The topological polar surface area (TPSA) is 111 Å². The smallest absolute Gasteiger partial charge is 0.412 e. The second kappa shape index (κ2) is 8.78.